The fourth-order valence-electron chi connectivity index (χ4n) is 2.72. The second-order valence-corrected chi connectivity index (χ2v) is 7.79. The van der Waals surface area contributed by atoms with E-state index in [0.29, 0.717) is 13.2 Å². The predicted molar refractivity (Wildman–Crippen MR) is 107 cm³/mol. The van der Waals surface area contributed by atoms with Crippen LogP contribution in [0.1, 0.15) is 111 Å². The molecule has 0 fully saturated rings. The van der Waals surface area contributed by atoms with Crippen LogP contribution in [0.4, 0.5) is 0 Å². The molecule has 0 aliphatic carbocycles. The summed E-state index contributed by atoms with van der Waals surface area (Å²) in [5.41, 5.74) is -1.22. The summed E-state index contributed by atoms with van der Waals surface area (Å²) in [6, 6.07) is 0. The van der Waals surface area contributed by atoms with Crippen molar-refractivity contribution in [3.63, 3.8) is 0 Å². The third-order valence-corrected chi connectivity index (χ3v) is 4.73. The largest absolute Gasteiger partial charge is 0.465 e. The minimum Gasteiger partial charge on any atom is -0.465 e. The number of rotatable bonds is 17. The van der Waals surface area contributed by atoms with Crippen molar-refractivity contribution in [2.24, 2.45) is 5.41 Å². The fraction of sp³-hybridized carbons (Fsp3) is 0.909. The van der Waals surface area contributed by atoms with Crippen molar-refractivity contribution >= 4 is 11.9 Å². The van der Waals surface area contributed by atoms with Crippen LogP contribution in [0.15, 0.2) is 0 Å². The first kappa shape index (κ1) is 24.9. The van der Waals surface area contributed by atoms with Crippen molar-refractivity contribution in [3.8, 4) is 0 Å². The Morgan fingerprint density at radius 2 is 0.885 bits per heavy atom. The molecule has 4 heteroatoms. The van der Waals surface area contributed by atoms with Crippen LogP contribution in [0.2, 0.25) is 0 Å². The first-order valence-electron chi connectivity index (χ1n) is 10.8. The van der Waals surface area contributed by atoms with E-state index in [2.05, 4.69) is 13.8 Å². The molecular weight excluding hydrogens is 328 g/mol. The topological polar surface area (TPSA) is 52.6 Å². The minimum absolute atomic E-state index is 0.383. The number of carbonyl (C=O) groups is 2. The van der Waals surface area contributed by atoms with Crippen LogP contribution >= 0.6 is 0 Å². The zero-order valence-electron chi connectivity index (χ0n) is 17.7. The van der Waals surface area contributed by atoms with Crippen LogP contribution in [-0.2, 0) is 19.1 Å². The predicted octanol–water partition coefficient (Wildman–Crippen LogP) is 6.21. The van der Waals surface area contributed by atoms with E-state index < -0.39 is 17.4 Å². The van der Waals surface area contributed by atoms with Crippen molar-refractivity contribution in [1.82, 2.24) is 0 Å². The molecule has 0 spiro atoms. The lowest BCUT2D eigenvalue weighted by molar-refractivity contribution is -0.169. The SMILES string of the molecule is CCCCCCCCCCCOC(=O)C(C)(C)C(=O)OCCCCCC. The Kier molecular flexibility index (Phi) is 15.5. The Hall–Kier alpha value is -1.06. The van der Waals surface area contributed by atoms with E-state index in [9.17, 15) is 9.59 Å². The highest BCUT2D eigenvalue weighted by molar-refractivity contribution is 5.99. The van der Waals surface area contributed by atoms with Gasteiger partial charge >= 0.3 is 11.9 Å². The zero-order valence-corrected chi connectivity index (χ0v) is 17.7. The van der Waals surface area contributed by atoms with E-state index in [1.165, 1.54) is 44.9 Å². The van der Waals surface area contributed by atoms with Crippen LogP contribution in [0.25, 0.3) is 0 Å². The van der Waals surface area contributed by atoms with Gasteiger partial charge in [-0.25, -0.2) is 0 Å². The van der Waals surface area contributed by atoms with Crippen molar-refractivity contribution in [2.75, 3.05) is 13.2 Å². The van der Waals surface area contributed by atoms with Crippen LogP contribution in [-0.4, -0.2) is 25.2 Å². The molecular formula is C22H42O4. The van der Waals surface area contributed by atoms with Crippen LogP contribution in [0.3, 0.4) is 0 Å². The molecule has 0 aromatic carbocycles. The molecule has 0 bridgehead atoms. The highest BCUT2D eigenvalue weighted by Gasteiger charge is 2.39. The minimum atomic E-state index is -1.22. The first-order chi connectivity index (χ1) is 12.5. The summed E-state index contributed by atoms with van der Waals surface area (Å²) in [5, 5.41) is 0. The number of hydrogen-bond acceptors (Lipinski definition) is 4. The molecule has 0 saturated carbocycles. The lowest BCUT2D eigenvalue weighted by Crippen LogP contribution is -2.37. The number of unbranched alkanes of at least 4 members (excludes halogenated alkanes) is 11. The van der Waals surface area contributed by atoms with Gasteiger partial charge in [0.1, 0.15) is 0 Å². The molecule has 0 radical (unpaired) electrons. The molecule has 0 rings (SSSR count). The Morgan fingerprint density at radius 1 is 0.577 bits per heavy atom. The maximum atomic E-state index is 12.2. The summed E-state index contributed by atoms with van der Waals surface area (Å²) in [5.74, 6) is -0.957. The quantitative estimate of drug-likeness (QED) is 0.173. The molecule has 0 saturated heterocycles. The smallest absolute Gasteiger partial charge is 0.322 e. The molecule has 154 valence electrons. The zero-order chi connectivity index (χ0) is 19.7. The summed E-state index contributed by atoms with van der Waals surface area (Å²) in [6.45, 7) is 8.31. The summed E-state index contributed by atoms with van der Waals surface area (Å²) >= 11 is 0. The van der Waals surface area contributed by atoms with Gasteiger partial charge in [-0.3, -0.25) is 9.59 Å². The van der Waals surface area contributed by atoms with Gasteiger partial charge in [-0.15, -0.1) is 0 Å². The average molecular weight is 371 g/mol. The summed E-state index contributed by atoms with van der Waals surface area (Å²) in [6.07, 6.45) is 15.2. The van der Waals surface area contributed by atoms with Crippen molar-refractivity contribution in [2.45, 2.75) is 111 Å². The van der Waals surface area contributed by atoms with Gasteiger partial charge in [-0.2, -0.15) is 0 Å². The fourth-order valence-corrected chi connectivity index (χ4v) is 2.72. The van der Waals surface area contributed by atoms with E-state index in [-0.39, 0.29) is 0 Å². The molecule has 0 aliphatic heterocycles. The second kappa shape index (κ2) is 16.1. The van der Waals surface area contributed by atoms with Crippen LogP contribution < -0.4 is 0 Å². The van der Waals surface area contributed by atoms with Gasteiger partial charge in [0, 0.05) is 0 Å². The highest BCUT2D eigenvalue weighted by Crippen LogP contribution is 2.20. The molecule has 0 atom stereocenters. The molecule has 0 amide bonds. The summed E-state index contributed by atoms with van der Waals surface area (Å²) in [7, 11) is 0. The van der Waals surface area contributed by atoms with Gasteiger partial charge in [0.25, 0.3) is 0 Å². The maximum absolute atomic E-state index is 12.2. The maximum Gasteiger partial charge on any atom is 0.322 e. The lowest BCUT2D eigenvalue weighted by atomic mass is 9.94. The molecule has 0 N–H and O–H groups in total. The standard InChI is InChI=1S/C22H42O4/c1-5-7-9-11-12-13-14-15-17-19-26-21(24)22(3,4)20(23)25-18-16-10-8-6-2/h5-19H2,1-4H3. The number of esters is 2. The third-order valence-electron chi connectivity index (χ3n) is 4.73. The van der Waals surface area contributed by atoms with Gasteiger partial charge in [-0.1, -0.05) is 84.5 Å². The first-order valence-corrected chi connectivity index (χ1v) is 10.8. The van der Waals surface area contributed by atoms with Crippen molar-refractivity contribution < 1.29 is 19.1 Å². The van der Waals surface area contributed by atoms with Crippen LogP contribution in [0, 0.1) is 5.41 Å². The summed E-state index contributed by atoms with van der Waals surface area (Å²) < 4.78 is 10.5. The van der Waals surface area contributed by atoms with Crippen molar-refractivity contribution in [3.05, 3.63) is 0 Å². The monoisotopic (exact) mass is 370 g/mol. The Morgan fingerprint density at radius 3 is 1.27 bits per heavy atom. The lowest BCUT2D eigenvalue weighted by Gasteiger charge is -2.20. The van der Waals surface area contributed by atoms with Gasteiger partial charge in [0.2, 0.25) is 0 Å². The Balaban J connectivity index is 3.74. The number of ether oxygens (including phenoxy) is 2. The van der Waals surface area contributed by atoms with E-state index in [1.54, 1.807) is 13.8 Å². The third kappa shape index (κ3) is 12.3. The molecule has 0 aliphatic rings. The number of hydrogen-bond donors (Lipinski definition) is 0. The molecule has 0 heterocycles. The van der Waals surface area contributed by atoms with Gasteiger partial charge in [0.05, 0.1) is 13.2 Å². The highest BCUT2D eigenvalue weighted by atomic mass is 16.6. The van der Waals surface area contributed by atoms with Crippen LogP contribution in [0.5, 0.6) is 0 Å². The van der Waals surface area contributed by atoms with Crippen molar-refractivity contribution in [1.29, 1.82) is 0 Å². The van der Waals surface area contributed by atoms with Gasteiger partial charge < -0.3 is 9.47 Å². The van der Waals surface area contributed by atoms with E-state index >= 15 is 0 Å². The Bertz CT molecular complexity index is 363. The van der Waals surface area contributed by atoms with Gasteiger partial charge in [0.15, 0.2) is 5.41 Å². The second-order valence-electron chi connectivity index (χ2n) is 7.79. The van der Waals surface area contributed by atoms with Gasteiger partial charge in [-0.05, 0) is 26.7 Å². The molecule has 0 aromatic rings. The Labute approximate surface area is 161 Å². The summed E-state index contributed by atoms with van der Waals surface area (Å²) in [4.78, 5) is 24.3. The normalized spacial score (nSPS) is 11.4. The van der Waals surface area contributed by atoms with E-state index in [1.807, 2.05) is 0 Å². The molecule has 26 heavy (non-hydrogen) atoms. The van der Waals surface area contributed by atoms with E-state index in [4.69, 9.17) is 9.47 Å². The molecule has 0 unspecified atom stereocenters. The van der Waals surface area contributed by atoms with E-state index in [0.717, 1.165) is 38.5 Å². The molecule has 4 nitrogen and oxygen atoms in total. The molecule has 0 aromatic heterocycles. The number of carbonyl (C=O) groups excluding carboxylic acids is 2. The average Bonchev–Trinajstić information content (AvgIpc) is 2.62.